The van der Waals surface area contributed by atoms with E-state index in [2.05, 4.69) is 14.9 Å². The molecule has 9 heteroatoms. The first-order chi connectivity index (χ1) is 7.88. The van der Waals surface area contributed by atoms with Gasteiger partial charge in [0.05, 0.1) is 0 Å². The second kappa shape index (κ2) is 3.77. The van der Waals surface area contributed by atoms with Crippen LogP contribution in [-0.4, -0.2) is 28.0 Å². The van der Waals surface area contributed by atoms with Crippen LogP contribution in [0.1, 0.15) is 0 Å². The second-order valence-electron chi connectivity index (χ2n) is 3.53. The first kappa shape index (κ1) is 11.5. The van der Waals surface area contributed by atoms with Crippen LogP contribution in [0.3, 0.4) is 0 Å². The van der Waals surface area contributed by atoms with Crippen molar-refractivity contribution in [2.45, 2.75) is 4.90 Å². The lowest BCUT2D eigenvalue weighted by atomic mass is 10.7. The van der Waals surface area contributed by atoms with Crippen LogP contribution in [0.15, 0.2) is 23.4 Å². The highest BCUT2D eigenvalue weighted by molar-refractivity contribution is 7.92. The van der Waals surface area contributed by atoms with E-state index < -0.39 is 10.0 Å². The minimum Gasteiger partial charge on any atom is -0.381 e. The highest BCUT2D eigenvalue weighted by Crippen LogP contribution is 2.18. The summed E-state index contributed by atoms with van der Waals surface area (Å²) >= 11 is 0. The minimum absolute atomic E-state index is 0.0454. The van der Waals surface area contributed by atoms with Gasteiger partial charge < -0.3 is 5.73 Å². The molecular formula is C8H12N6O2S. The van der Waals surface area contributed by atoms with Gasteiger partial charge in [0, 0.05) is 32.6 Å². The molecule has 0 aromatic carbocycles. The number of aryl methyl sites for hydroxylation is 2. The molecule has 0 unspecified atom stereocenters. The quantitative estimate of drug-likeness (QED) is 0.772. The van der Waals surface area contributed by atoms with Gasteiger partial charge in [0.1, 0.15) is 4.90 Å². The molecule has 0 radical (unpaired) electrons. The first-order valence-electron chi connectivity index (χ1n) is 4.70. The molecule has 0 fully saturated rings. The maximum atomic E-state index is 12.0. The molecule has 0 atom stereocenters. The van der Waals surface area contributed by atoms with Crippen molar-refractivity contribution in [2.24, 2.45) is 14.1 Å². The van der Waals surface area contributed by atoms with Crippen LogP contribution in [0, 0.1) is 0 Å². The van der Waals surface area contributed by atoms with Crippen molar-refractivity contribution in [3.8, 4) is 0 Å². The number of nitrogen functional groups attached to an aromatic ring is 1. The van der Waals surface area contributed by atoms with E-state index in [0.29, 0.717) is 0 Å². The molecule has 8 nitrogen and oxygen atoms in total. The van der Waals surface area contributed by atoms with Crippen molar-refractivity contribution < 1.29 is 8.42 Å². The van der Waals surface area contributed by atoms with Gasteiger partial charge in [0.25, 0.3) is 10.0 Å². The zero-order valence-corrected chi connectivity index (χ0v) is 10.1. The van der Waals surface area contributed by atoms with E-state index in [9.17, 15) is 8.42 Å². The third-order valence-electron chi connectivity index (χ3n) is 2.06. The van der Waals surface area contributed by atoms with Crippen molar-refractivity contribution in [3.05, 3.63) is 18.5 Å². The number of nitrogens with two attached hydrogens (primary N) is 1. The Balaban J connectivity index is 2.34. The average molecular weight is 256 g/mol. The molecule has 0 aliphatic rings. The summed E-state index contributed by atoms with van der Waals surface area (Å²) < 4.78 is 29.0. The number of nitrogens with zero attached hydrogens (tertiary/aromatic N) is 4. The number of nitrogens with one attached hydrogen (secondary N) is 1. The Labute approximate surface area is 98.1 Å². The predicted molar refractivity (Wildman–Crippen MR) is 61.6 cm³/mol. The highest BCUT2D eigenvalue weighted by Gasteiger charge is 2.21. The summed E-state index contributed by atoms with van der Waals surface area (Å²) in [4.78, 5) is -0.0642. The fourth-order valence-electron chi connectivity index (χ4n) is 1.35. The molecule has 0 spiro atoms. The summed E-state index contributed by atoms with van der Waals surface area (Å²) in [6.45, 7) is 0. The van der Waals surface area contributed by atoms with Gasteiger partial charge in [0.15, 0.2) is 11.6 Å². The fraction of sp³-hybridized carbons (Fsp3) is 0.250. The van der Waals surface area contributed by atoms with E-state index in [0.717, 1.165) is 0 Å². The Hall–Kier alpha value is -2.03. The van der Waals surface area contributed by atoms with Crippen LogP contribution < -0.4 is 10.5 Å². The monoisotopic (exact) mass is 256 g/mol. The van der Waals surface area contributed by atoms with E-state index in [-0.39, 0.29) is 16.5 Å². The molecule has 2 heterocycles. The van der Waals surface area contributed by atoms with Gasteiger partial charge in [-0.15, -0.1) is 0 Å². The summed E-state index contributed by atoms with van der Waals surface area (Å²) in [7, 11) is -0.460. The van der Waals surface area contributed by atoms with Gasteiger partial charge in [-0.05, 0) is 0 Å². The molecule has 2 aromatic heterocycles. The minimum atomic E-state index is -3.74. The molecule has 17 heavy (non-hydrogen) atoms. The van der Waals surface area contributed by atoms with Crippen molar-refractivity contribution in [2.75, 3.05) is 10.5 Å². The van der Waals surface area contributed by atoms with Gasteiger partial charge >= 0.3 is 0 Å². The predicted octanol–water partition coefficient (Wildman–Crippen LogP) is -0.463. The Bertz CT molecular complexity index is 641. The topological polar surface area (TPSA) is 108 Å². The molecule has 0 bridgehead atoms. The number of hydrogen-bond acceptors (Lipinski definition) is 5. The van der Waals surface area contributed by atoms with E-state index in [4.69, 9.17) is 5.73 Å². The number of sulfonamides is 1. The third-order valence-corrected chi connectivity index (χ3v) is 3.44. The Morgan fingerprint density at radius 1 is 1.29 bits per heavy atom. The molecule has 0 saturated carbocycles. The van der Waals surface area contributed by atoms with Crippen molar-refractivity contribution >= 4 is 21.7 Å². The van der Waals surface area contributed by atoms with Gasteiger partial charge in [-0.2, -0.15) is 10.2 Å². The average Bonchev–Trinajstić information content (AvgIpc) is 2.72. The van der Waals surface area contributed by atoms with E-state index in [1.54, 1.807) is 26.4 Å². The molecule has 3 N–H and O–H groups in total. The number of aromatic nitrogens is 4. The van der Waals surface area contributed by atoms with Crippen LogP contribution in [0.25, 0.3) is 0 Å². The highest BCUT2D eigenvalue weighted by atomic mass is 32.2. The van der Waals surface area contributed by atoms with Gasteiger partial charge in [-0.25, -0.2) is 8.42 Å². The summed E-state index contributed by atoms with van der Waals surface area (Å²) in [5, 5.41) is 7.69. The lowest BCUT2D eigenvalue weighted by molar-refractivity contribution is 0.601. The summed E-state index contributed by atoms with van der Waals surface area (Å²) in [6.07, 6.45) is 2.96. The largest absolute Gasteiger partial charge is 0.381 e. The van der Waals surface area contributed by atoms with Crippen molar-refractivity contribution in [3.63, 3.8) is 0 Å². The van der Waals surface area contributed by atoms with E-state index in [1.807, 2.05) is 0 Å². The third kappa shape index (κ3) is 2.23. The number of hydrogen-bond donors (Lipinski definition) is 2. The first-order valence-corrected chi connectivity index (χ1v) is 6.18. The molecule has 2 rings (SSSR count). The molecule has 2 aromatic rings. The van der Waals surface area contributed by atoms with Gasteiger partial charge in [-0.1, -0.05) is 0 Å². The fourth-order valence-corrected chi connectivity index (χ4v) is 2.45. The van der Waals surface area contributed by atoms with Crippen LogP contribution in [0.2, 0.25) is 0 Å². The van der Waals surface area contributed by atoms with E-state index >= 15 is 0 Å². The van der Waals surface area contributed by atoms with Crippen LogP contribution in [0.4, 0.5) is 11.6 Å². The van der Waals surface area contributed by atoms with Crippen LogP contribution in [-0.2, 0) is 24.1 Å². The number of rotatable bonds is 3. The Morgan fingerprint density at radius 3 is 2.47 bits per heavy atom. The number of anilines is 2. The Kier molecular flexibility index (Phi) is 2.54. The smallest absolute Gasteiger partial charge is 0.268 e. The zero-order valence-electron chi connectivity index (χ0n) is 9.32. The van der Waals surface area contributed by atoms with Crippen LogP contribution >= 0.6 is 0 Å². The standard InChI is InChI=1S/C8H12N6O2S/c1-13-4-3-7(10-13)12-17(15,16)6-5-14(2)11-8(6)9/h3-5H,1-2H3,(H2,9,11)(H,10,12). The molecule has 92 valence electrons. The Morgan fingerprint density at radius 2 is 2.00 bits per heavy atom. The maximum absolute atomic E-state index is 12.0. The molecule has 0 amide bonds. The molecule has 0 aliphatic carbocycles. The van der Waals surface area contributed by atoms with E-state index in [1.165, 1.54) is 15.6 Å². The van der Waals surface area contributed by atoms with Crippen LogP contribution in [0.5, 0.6) is 0 Å². The van der Waals surface area contributed by atoms with Gasteiger partial charge in [0.2, 0.25) is 0 Å². The molecule has 0 saturated heterocycles. The normalized spacial score (nSPS) is 11.6. The lowest BCUT2D eigenvalue weighted by Crippen LogP contribution is -2.14. The summed E-state index contributed by atoms with van der Waals surface area (Å²) in [5.74, 6) is 0.187. The lowest BCUT2D eigenvalue weighted by Gasteiger charge is -2.02. The maximum Gasteiger partial charge on any atom is 0.268 e. The summed E-state index contributed by atoms with van der Waals surface area (Å²) in [5.41, 5.74) is 5.51. The second-order valence-corrected chi connectivity index (χ2v) is 5.18. The summed E-state index contributed by atoms with van der Waals surface area (Å²) in [6, 6.07) is 1.55. The van der Waals surface area contributed by atoms with Crippen molar-refractivity contribution in [1.29, 1.82) is 0 Å². The molecular weight excluding hydrogens is 244 g/mol. The van der Waals surface area contributed by atoms with Crippen molar-refractivity contribution in [1.82, 2.24) is 19.6 Å². The molecule has 0 aliphatic heterocycles. The SMILES string of the molecule is Cn1ccc(NS(=O)(=O)c2cn(C)nc2N)n1. The van der Waals surface area contributed by atoms with Gasteiger partial charge in [-0.3, -0.25) is 14.1 Å². The zero-order chi connectivity index (χ0) is 12.6.